The maximum atomic E-state index is 13.5. The summed E-state index contributed by atoms with van der Waals surface area (Å²) in [6, 6.07) is 17.7. The lowest BCUT2D eigenvalue weighted by Gasteiger charge is -2.15. The van der Waals surface area contributed by atoms with Gasteiger partial charge >= 0.3 is 0 Å². The molecule has 4 rings (SSSR count). The zero-order valence-corrected chi connectivity index (χ0v) is 22.0. The molecule has 1 amide bonds. The van der Waals surface area contributed by atoms with E-state index in [9.17, 15) is 4.79 Å². The summed E-state index contributed by atoms with van der Waals surface area (Å²) in [4.78, 5) is 20.3. The third kappa shape index (κ3) is 5.96. The molecular formula is C26H21Cl3N2O3S. The Kier molecular flexibility index (Phi) is 8.29. The fourth-order valence-corrected chi connectivity index (χ4v) is 4.89. The number of thioether (sulfide) groups is 1. The molecule has 0 atom stereocenters. The number of aliphatic imine (C=N–C) groups is 1. The Bertz CT molecular complexity index is 1290. The molecule has 0 bridgehead atoms. The maximum absolute atomic E-state index is 13.5. The molecule has 1 aliphatic heterocycles. The lowest BCUT2D eigenvalue weighted by Crippen LogP contribution is -2.28. The van der Waals surface area contributed by atoms with Gasteiger partial charge in [0.25, 0.3) is 5.91 Å². The van der Waals surface area contributed by atoms with Gasteiger partial charge in [-0.25, -0.2) is 4.99 Å². The quantitative estimate of drug-likeness (QED) is 0.279. The van der Waals surface area contributed by atoms with Crippen LogP contribution in [0.3, 0.4) is 0 Å². The number of halogens is 3. The fourth-order valence-electron chi connectivity index (χ4n) is 3.36. The number of carbonyl (C=O) groups is 1. The van der Waals surface area contributed by atoms with E-state index in [-0.39, 0.29) is 5.91 Å². The number of amidine groups is 1. The van der Waals surface area contributed by atoms with Crippen molar-refractivity contribution in [2.24, 2.45) is 4.99 Å². The van der Waals surface area contributed by atoms with E-state index in [1.165, 1.54) is 11.8 Å². The molecule has 3 aromatic carbocycles. The number of hydrogen-bond acceptors (Lipinski definition) is 5. The van der Waals surface area contributed by atoms with E-state index < -0.39 is 0 Å². The number of benzene rings is 3. The van der Waals surface area contributed by atoms with Crippen LogP contribution in [0, 0.1) is 0 Å². The molecule has 1 saturated heterocycles. The van der Waals surface area contributed by atoms with Crippen molar-refractivity contribution >= 4 is 75.1 Å². The van der Waals surface area contributed by atoms with Crippen LogP contribution >= 0.6 is 46.6 Å². The number of carbonyl (C=O) groups excluding carboxylic acids is 1. The molecule has 180 valence electrons. The number of ether oxygens (including phenoxy) is 2. The van der Waals surface area contributed by atoms with Crippen LogP contribution in [0.15, 0.2) is 70.6 Å². The van der Waals surface area contributed by atoms with Crippen LogP contribution in [0.4, 0.5) is 11.4 Å². The first-order chi connectivity index (χ1) is 16.9. The highest BCUT2D eigenvalue weighted by atomic mass is 35.5. The highest BCUT2D eigenvalue weighted by molar-refractivity contribution is 8.19. The minimum atomic E-state index is -0.215. The Morgan fingerprint density at radius 1 is 0.914 bits per heavy atom. The Morgan fingerprint density at radius 2 is 1.54 bits per heavy atom. The minimum Gasteiger partial charge on any atom is -0.490 e. The molecule has 0 aliphatic carbocycles. The van der Waals surface area contributed by atoms with E-state index in [1.807, 2.05) is 19.9 Å². The van der Waals surface area contributed by atoms with Crippen molar-refractivity contribution in [2.45, 2.75) is 13.8 Å². The number of anilines is 1. The summed E-state index contributed by atoms with van der Waals surface area (Å²) in [7, 11) is 0. The zero-order chi connectivity index (χ0) is 24.9. The fraction of sp³-hybridized carbons (Fsp3) is 0.154. The third-order valence-electron chi connectivity index (χ3n) is 4.86. The average molecular weight is 548 g/mol. The van der Waals surface area contributed by atoms with Gasteiger partial charge < -0.3 is 9.47 Å². The van der Waals surface area contributed by atoms with Crippen LogP contribution in [0.2, 0.25) is 15.1 Å². The van der Waals surface area contributed by atoms with Crippen molar-refractivity contribution in [1.29, 1.82) is 0 Å². The molecule has 0 N–H and O–H groups in total. The molecule has 1 aliphatic rings. The van der Waals surface area contributed by atoms with Crippen LogP contribution in [-0.2, 0) is 4.79 Å². The molecule has 1 fully saturated rings. The van der Waals surface area contributed by atoms with Gasteiger partial charge in [-0.1, -0.05) is 34.8 Å². The van der Waals surface area contributed by atoms with Gasteiger partial charge in [-0.3, -0.25) is 9.69 Å². The van der Waals surface area contributed by atoms with E-state index in [0.29, 0.717) is 66.8 Å². The first kappa shape index (κ1) is 25.5. The number of rotatable bonds is 7. The maximum Gasteiger partial charge on any atom is 0.271 e. The Balaban J connectivity index is 1.76. The van der Waals surface area contributed by atoms with Gasteiger partial charge in [0, 0.05) is 10.0 Å². The van der Waals surface area contributed by atoms with E-state index >= 15 is 0 Å². The molecule has 0 saturated carbocycles. The van der Waals surface area contributed by atoms with E-state index in [0.717, 1.165) is 0 Å². The molecule has 9 heteroatoms. The molecule has 0 spiro atoms. The molecule has 35 heavy (non-hydrogen) atoms. The molecule has 3 aromatic rings. The SMILES string of the molecule is CCOc1cc(/C=C2\SC(=Nc3ccc(Cl)cc3)N(c3ccc(Cl)cc3)C2=O)cc(Cl)c1OCC. The van der Waals surface area contributed by atoms with Crippen LogP contribution in [0.5, 0.6) is 11.5 Å². The summed E-state index contributed by atoms with van der Waals surface area (Å²) >= 11 is 19.8. The van der Waals surface area contributed by atoms with Crippen molar-refractivity contribution in [3.8, 4) is 11.5 Å². The lowest BCUT2D eigenvalue weighted by molar-refractivity contribution is -0.113. The second-order valence-electron chi connectivity index (χ2n) is 7.29. The van der Waals surface area contributed by atoms with Crippen LogP contribution in [0.1, 0.15) is 19.4 Å². The highest BCUT2D eigenvalue weighted by Gasteiger charge is 2.35. The topological polar surface area (TPSA) is 51.1 Å². The summed E-state index contributed by atoms with van der Waals surface area (Å²) in [6.45, 7) is 4.67. The van der Waals surface area contributed by atoms with Crippen LogP contribution < -0.4 is 14.4 Å². The summed E-state index contributed by atoms with van der Waals surface area (Å²) in [6.07, 6.45) is 1.77. The Morgan fingerprint density at radius 3 is 2.17 bits per heavy atom. The van der Waals surface area contributed by atoms with E-state index in [2.05, 4.69) is 0 Å². The first-order valence-electron chi connectivity index (χ1n) is 10.8. The van der Waals surface area contributed by atoms with Crippen molar-refractivity contribution in [3.63, 3.8) is 0 Å². The number of amides is 1. The molecule has 0 unspecified atom stereocenters. The molecular weight excluding hydrogens is 527 g/mol. The average Bonchev–Trinajstić information content (AvgIpc) is 3.13. The molecule has 1 heterocycles. The molecule has 0 aromatic heterocycles. The summed E-state index contributed by atoms with van der Waals surface area (Å²) in [5.41, 5.74) is 2.04. The number of hydrogen-bond donors (Lipinski definition) is 0. The molecule has 0 radical (unpaired) electrons. The Hall–Kier alpha value is -2.64. The monoisotopic (exact) mass is 546 g/mol. The zero-order valence-electron chi connectivity index (χ0n) is 18.9. The van der Waals surface area contributed by atoms with Crippen LogP contribution in [0.25, 0.3) is 6.08 Å². The Labute approximate surface area is 223 Å². The second-order valence-corrected chi connectivity index (χ2v) is 9.58. The summed E-state index contributed by atoms with van der Waals surface area (Å²) < 4.78 is 11.4. The normalized spacial score (nSPS) is 15.8. The predicted octanol–water partition coefficient (Wildman–Crippen LogP) is 8.25. The third-order valence-corrected chi connectivity index (χ3v) is 6.61. The summed E-state index contributed by atoms with van der Waals surface area (Å²) in [5.74, 6) is 0.790. The lowest BCUT2D eigenvalue weighted by atomic mass is 10.1. The van der Waals surface area contributed by atoms with Crippen molar-refractivity contribution < 1.29 is 14.3 Å². The van der Waals surface area contributed by atoms with Crippen molar-refractivity contribution in [3.05, 3.63) is 86.2 Å². The van der Waals surface area contributed by atoms with Crippen molar-refractivity contribution in [2.75, 3.05) is 18.1 Å². The van der Waals surface area contributed by atoms with Gasteiger partial charge in [-0.2, -0.15) is 0 Å². The first-order valence-corrected chi connectivity index (χ1v) is 12.8. The minimum absolute atomic E-state index is 0.215. The smallest absolute Gasteiger partial charge is 0.271 e. The van der Waals surface area contributed by atoms with Crippen molar-refractivity contribution in [1.82, 2.24) is 0 Å². The highest BCUT2D eigenvalue weighted by Crippen LogP contribution is 2.41. The second kappa shape index (κ2) is 11.4. The van der Waals surface area contributed by atoms with Gasteiger partial charge in [0.05, 0.1) is 34.5 Å². The summed E-state index contributed by atoms with van der Waals surface area (Å²) in [5, 5.41) is 2.10. The van der Waals surface area contributed by atoms with Gasteiger partial charge in [0.2, 0.25) is 0 Å². The number of nitrogens with zero attached hydrogens (tertiary/aromatic N) is 2. The molecule has 5 nitrogen and oxygen atoms in total. The van der Waals surface area contributed by atoms with Gasteiger partial charge in [0.1, 0.15) is 0 Å². The standard InChI is InChI=1S/C26H21Cl3N2O3S/c1-3-33-22-14-16(13-21(29)24(22)34-4-2)15-23-25(32)31(20-11-7-18(28)8-12-20)26(35-23)30-19-9-5-17(27)6-10-19/h5-15H,3-4H2,1-2H3/b23-15-,30-26?. The predicted molar refractivity (Wildman–Crippen MR) is 147 cm³/mol. The van der Waals surface area contributed by atoms with Gasteiger partial charge in [0.15, 0.2) is 16.7 Å². The van der Waals surface area contributed by atoms with Gasteiger partial charge in [-0.15, -0.1) is 0 Å². The van der Waals surface area contributed by atoms with Gasteiger partial charge in [-0.05, 0) is 97.9 Å². The van der Waals surface area contributed by atoms with E-state index in [1.54, 1.807) is 65.6 Å². The largest absolute Gasteiger partial charge is 0.490 e. The van der Waals surface area contributed by atoms with E-state index in [4.69, 9.17) is 49.3 Å². The van der Waals surface area contributed by atoms with Crippen LogP contribution in [-0.4, -0.2) is 24.3 Å².